The van der Waals surface area contributed by atoms with E-state index in [4.69, 9.17) is 16.3 Å². The van der Waals surface area contributed by atoms with Gasteiger partial charge in [-0.2, -0.15) is 0 Å². The van der Waals surface area contributed by atoms with Gasteiger partial charge in [-0.25, -0.2) is 0 Å². The lowest BCUT2D eigenvalue weighted by Gasteiger charge is -2.13. The average molecular weight is 355 g/mol. The van der Waals surface area contributed by atoms with E-state index in [0.717, 1.165) is 24.8 Å². The molecular formula is C18H27ClN2O3. The molecule has 24 heavy (non-hydrogen) atoms. The number of rotatable bonds is 10. The van der Waals surface area contributed by atoms with Gasteiger partial charge in [0.25, 0.3) is 0 Å². The van der Waals surface area contributed by atoms with Crippen LogP contribution >= 0.6 is 11.6 Å². The minimum Gasteiger partial charge on any atom is -0.362 e. The smallest absolute Gasteiger partial charge is 0.250 e. The van der Waals surface area contributed by atoms with Crippen molar-refractivity contribution in [1.29, 1.82) is 0 Å². The lowest BCUT2D eigenvalue weighted by molar-refractivity contribution is -0.129. The number of amides is 2. The van der Waals surface area contributed by atoms with Crippen LogP contribution in [0.1, 0.15) is 45.1 Å². The first-order valence-electron chi connectivity index (χ1n) is 8.35. The molecule has 0 spiro atoms. The van der Waals surface area contributed by atoms with E-state index in [0.29, 0.717) is 10.7 Å². The van der Waals surface area contributed by atoms with Crippen molar-refractivity contribution in [3.63, 3.8) is 0 Å². The number of hydrogen-bond donors (Lipinski definition) is 2. The second-order valence-corrected chi connectivity index (χ2v) is 6.38. The maximum atomic E-state index is 11.8. The fourth-order valence-electron chi connectivity index (χ4n) is 2.19. The fraction of sp³-hybridized carbons (Fsp3) is 0.556. The molecule has 0 heterocycles. The second-order valence-electron chi connectivity index (χ2n) is 5.97. The molecule has 6 heteroatoms. The van der Waals surface area contributed by atoms with E-state index in [1.54, 1.807) is 12.1 Å². The third-order valence-corrected chi connectivity index (χ3v) is 3.98. The lowest BCUT2D eigenvalue weighted by atomic mass is 10.1. The lowest BCUT2D eigenvalue weighted by Crippen LogP contribution is -2.36. The largest absolute Gasteiger partial charge is 0.362 e. The number of carbonyl (C=O) groups is 2. The van der Waals surface area contributed by atoms with Gasteiger partial charge in [-0.15, -0.1) is 0 Å². The van der Waals surface area contributed by atoms with Crippen molar-refractivity contribution in [3.05, 3.63) is 28.8 Å². The normalized spacial score (nSPS) is 11.8. The van der Waals surface area contributed by atoms with E-state index < -0.39 is 0 Å². The number of carbonyl (C=O) groups excluding carboxylic acids is 2. The summed E-state index contributed by atoms with van der Waals surface area (Å²) in [5.74, 6) is -0.524. The highest BCUT2D eigenvalue weighted by Crippen LogP contribution is 2.19. The van der Waals surface area contributed by atoms with E-state index in [1.807, 2.05) is 19.9 Å². The molecule has 1 atom stereocenters. The topological polar surface area (TPSA) is 67.4 Å². The van der Waals surface area contributed by atoms with E-state index in [9.17, 15) is 9.59 Å². The molecule has 2 N–H and O–H groups in total. The highest BCUT2D eigenvalue weighted by Gasteiger charge is 2.09. The van der Waals surface area contributed by atoms with Gasteiger partial charge >= 0.3 is 0 Å². The van der Waals surface area contributed by atoms with Crippen molar-refractivity contribution in [1.82, 2.24) is 5.32 Å². The monoisotopic (exact) mass is 354 g/mol. The van der Waals surface area contributed by atoms with E-state index >= 15 is 0 Å². The molecular weight excluding hydrogens is 328 g/mol. The summed E-state index contributed by atoms with van der Waals surface area (Å²) in [6.07, 6.45) is 4.37. The minimum absolute atomic E-state index is 0.121. The van der Waals surface area contributed by atoms with Crippen LogP contribution in [0.5, 0.6) is 0 Å². The Labute approximate surface area is 149 Å². The minimum atomic E-state index is -0.321. The number of unbranched alkanes of at least 4 members (excludes halogenated alkanes) is 2. The van der Waals surface area contributed by atoms with Crippen LogP contribution < -0.4 is 10.6 Å². The molecule has 5 nitrogen and oxygen atoms in total. The molecule has 134 valence electrons. The number of halogens is 1. The van der Waals surface area contributed by atoms with Crippen LogP contribution in [0.3, 0.4) is 0 Å². The first-order chi connectivity index (χ1) is 11.4. The Hall–Kier alpha value is -1.59. The average Bonchev–Trinajstić information content (AvgIpc) is 2.51. The van der Waals surface area contributed by atoms with E-state index in [-0.39, 0.29) is 31.1 Å². The maximum absolute atomic E-state index is 11.8. The summed E-state index contributed by atoms with van der Waals surface area (Å²) < 4.78 is 5.15. The molecule has 0 radical (unpaired) electrons. The number of ether oxygens (including phenoxy) is 1. The molecule has 0 saturated heterocycles. The number of aryl methyl sites for hydroxylation is 1. The Morgan fingerprint density at radius 1 is 1.21 bits per heavy atom. The van der Waals surface area contributed by atoms with Gasteiger partial charge in [0.15, 0.2) is 0 Å². The molecule has 1 aromatic carbocycles. The zero-order chi connectivity index (χ0) is 17.9. The van der Waals surface area contributed by atoms with Gasteiger partial charge in [-0.1, -0.05) is 43.9 Å². The van der Waals surface area contributed by atoms with Crippen molar-refractivity contribution in [2.75, 3.05) is 18.5 Å². The summed E-state index contributed by atoms with van der Waals surface area (Å²) in [6, 6.07) is 5.39. The van der Waals surface area contributed by atoms with Gasteiger partial charge in [-0.05, 0) is 38.0 Å². The molecule has 1 rings (SSSR count). The fourth-order valence-corrected chi connectivity index (χ4v) is 2.37. The zero-order valence-corrected chi connectivity index (χ0v) is 15.4. The Morgan fingerprint density at radius 3 is 2.58 bits per heavy atom. The summed E-state index contributed by atoms with van der Waals surface area (Å²) in [5.41, 5.74) is 1.55. The molecule has 0 fully saturated rings. The molecule has 0 aliphatic carbocycles. The van der Waals surface area contributed by atoms with Gasteiger partial charge in [-0.3, -0.25) is 9.59 Å². The number of benzene rings is 1. The third-order valence-electron chi connectivity index (χ3n) is 3.57. The maximum Gasteiger partial charge on any atom is 0.250 e. The predicted molar refractivity (Wildman–Crippen MR) is 97.4 cm³/mol. The van der Waals surface area contributed by atoms with Gasteiger partial charge in [0.05, 0.1) is 0 Å². The molecule has 2 amide bonds. The Kier molecular flexibility index (Phi) is 9.42. The van der Waals surface area contributed by atoms with Gasteiger partial charge < -0.3 is 15.4 Å². The molecule has 0 aliphatic heterocycles. The quantitative estimate of drug-likeness (QED) is 0.630. The Balaban J connectivity index is 2.22. The van der Waals surface area contributed by atoms with Crippen molar-refractivity contribution < 1.29 is 14.3 Å². The van der Waals surface area contributed by atoms with Gasteiger partial charge in [0.1, 0.15) is 13.2 Å². The second kappa shape index (κ2) is 11.0. The van der Waals surface area contributed by atoms with Crippen LogP contribution in [0.4, 0.5) is 5.69 Å². The van der Waals surface area contributed by atoms with Crippen LogP contribution in [-0.4, -0.2) is 31.1 Å². The first-order valence-corrected chi connectivity index (χ1v) is 8.73. The van der Waals surface area contributed by atoms with Crippen LogP contribution in [0, 0.1) is 6.92 Å². The van der Waals surface area contributed by atoms with Gasteiger partial charge in [0.2, 0.25) is 11.8 Å². The predicted octanol–water partition coefficient (Wildman–Crippen LogP) is 3.69. The Bertz CT molecular complexity index is 549. The number of hydrogen-bond acceptors (Lipinski definition) is 3. The summed E-state index contributed by atoms with van der Waals surface area (Å²) >= 11 is 6.00. The van der Waals surface area contributed by atoms with Crippen molar-refractivity contribution >= 4 is 29.1 Å². The van der Waals surface area contributed by atoms with Crippen molar-refractivity contribution in [3.8, 4) is 0 Å². The zero-order valence-electron chi connectivity index (χ0n) is 14.7. The molecule has 1 unspecified atom stereocenters. The summed E-state index contributed by atoms with van der Waals surface area (Å²) in [6.45, 7) is 5.70. The number of nitrogens with one attached hydrogen (secondary N) is 2. The van der Waals surface area contributed by atoms with Crippen LogP contribution in [0.25, 0.3) is 0 Å². The third kappa shape index (κ3) is 8.31. The van der Waals surface area contributed by atoms with E-state index in [1.165, 1.54) is 6.42 Å². The van der Waals surface area contributed by atoms with Crippen LogP contribution in [0.15, 0.2) is 18.2 Å². The first kappa shape index (κ1) is 20.5. The standard InChI is InChI=1S/C18H27ClN2O3/c1-4-5-6-7-14(3)20-17(22)11-24-12-18(23)21-15-9-8-13(2)16(19)10-15/h8-10,14H,4-7,11-12H2,1-3H3,(H,20,22)(H,21,23). The van der Waals surface area contributed by atoms with Crippen molar-refractivity contribution in [2.24, 2.45) is 0 Å². The van der Waals surface area contributed by atoms with Crippen molar-refractivity contribution in [2.45, 2.75) is 52.5 Å². The highest BCUT2D eigenvalue weighted by molar-refractivity contribution is 6.31. The van der Waals surface area contributed by atoms with Gasteiger partial charge in [0, 0.05) is 16.8 Å². The number of anilines is 1. The summed E-state index contributed by atoms with van der Waals surface area (Å²) in [5, 5.41) is 6.13. The SMILES string of the molecule is CCCCCC(C)NC(=O)COCC(=O)Nc1ccc(C)c(Cl)c1. The summed E-state index contributed by atoms with van der Waals surface area (Å²) in [7, 11) is 0. The molecule has 0 aromatic heterocycles. The molecule has 0 saturated carbocycles. The molecule has 1 aromatic rings. The van der Waals surface area contributed by atoms with Crippen LogP contribution in [0.2, 0.25) is 5.02 Å². The molecule has 0 aliphatic rings. The molecule has 0 bridgehead atoms. The highest BCUT2D eigenvalue weighted by atomic mass is 35.5. The Morgan fingerprint density at radius 2 is 1.92 bits per heavy atom. The summed E-state index contributed by atoms with van der Waals surface area (Å²) in [4.78, 5) is 23.5. The van der Waals surface area contributed by atoms with Crippen LogP contribution in [-0.2, 0) is 14.3 Å². The van der Waals surface area contributed by atoms with E-state index in [2.05, 4.69) is 17.6 Å².